The van der Waals surface area contributed by atoms with Crippen LogP contribution in [0.2, 0.25) is 5.02 Å². The van der Waals surface area contributed by atoms with Crippen molar-refractivity contribution in [2.75, 3.05) is 5.32 Å². The van der Waals surface area contributed by atoms with Gasteiger partial charge in [0.15, 0.2) is 5.75 Å². The van der Waals surface area contributed by atoms with Crippen molar-refractivity contribution in [3.8, 4) is 11.5 Å². The molecule has 0 aliphatic carbocycles. The van der Waals surface area contributed by atoms with Gasteiger partial charge in [0.25, 0.3) is 0 Å². The molecule has 0 bridgehead atoms. The van der Waals surface area contributed by atoms with Gasteiger partial charge in [0.1, 0.15) is 17.6 Å². The minimum Gasteiger partial charge on any atom is -0.455 e. The lowest BCUT2D eigenvalue weighted by atomic mass is 10.1. The predicted octanol–water partition coefficient (Wildman–Crippen LogP) is 5.80. The summed E-state index contributed by atoms with van der Waals surface area (Å²) in [5.41, 5.74) is 1.02. The zero-order chi connectivity index (χ0) is 25.5. The highest BCUT2D eigenvalue weighted by Gasteiger charge is 2.27. The van der Waals surface area contributed by atoms with Crippen LogP contribution in [-0.2, 0) is 21.2 Å². The first kappa shape index (κ1) is 25.4. The third-order valence-electron chi connectivity index (χ3n) is 5.19. The van der Waals surface area contributed by atoms with Crippen LogP contribution in [0, 0.1) is 5.82 Å². The van der Waals surface area contributed by atoms with E-state index in [2.05, 4.69) is 10.0 Å². The van der Waals surface area contributed by atoms with Crippen LogP contribution in [0.5, 0.6) is 11.5 Å². The van der Waals surface area contributed by atoms with Crippen LogP contribution in [0.15, 0.2) is 108 Å². The number of amides is 1. The highest BCUT2D eigenvalue weighted by atomic mass is 35.5. The number of halogens is 2. The maximum absolute atomic E-state index is 13.4. The number of carbonyl (C=O) groups excluding carboxylic acids is 1. The van der Waals surface area contributed by atoms with E-state index >= 15 is 0 Å². The lowest BCUT2D eigenvalue weighted by Gasteiger charge is -2.20. The first-order valence-electron chi connectivity index (χ1n) is 11.0. The minimum absolute atomic E-state index is 0.0720. The van der Waals surface area contributed by atoms with Crippen LogP contribution in [0.4, 0.5) is 10.1 Å². The standard InChI is InChI=1S/C27H22ClFN2O4S/c28-20-11-16-26(35-22-9-5-2-6-10-22)24(18-20)30-27(32)25(17-19-7-3-1-4-8-19)31-36(33,34)23-14-12-21(29)13-15-23/h1-16,18,25,31H,17H2,(H,30,32)/t25-/m1/s1. The van der Waals surface area contributed by atoms with E-state index in [0.717, 1.165) is 29.8 Å². The highest BCUT2D eigenvalue weighted by Crippen LogP contribution is 2.32. The zero-order valence-corrected chi connectivity index (χ0v) is 20.5. The highest BCUT2D eigenvalue weighted by molar-refractivity contribution is 7.89. The van der Waals surface area contributed by atoms with Crippen molar-refractivity contribution in [1.29, 1.82) is 0 Å². The molecule has 9 heteroatoms. The molecule has 0 radical (unpaired) electrons. The summed E-state index contributed by atoms with van der Waals surface area (Å²) in [5.74, 6) is -0.309. The molecule has 1 amide bonds. The second kappa shape index (κ2) is 11.3. The Kier molecular flexibility index (Phi) is 8.00. The van der Waals surface area contributed by atoms with Crippen molar-refractivity contribution < 1.29 is 22.3 Å². The van der Waals surface area contributed by atoms with Gasteiger partial charge in [0.05, 0.1) is 10.6 Å². The van der Waals surface area contributed by atoms with Crippen LogP contribution in [0.3, 0.4) is 0 Å². The molecule has 184 valence electrons. The third kappa shape index (κ3) is 6.69. The van der Waals surface area contributed by atoms with Gasteiger partial charge < -0.3 is 10.1 Å². The molecule has 0 unspecified atom stereocenters. The molecule has 0 saturated carbocycles. The second-order valence-corrected chi connectivity index (χ2v) is 10.0. The molecule has 2 N–H and O–H groups in total. The van der Waals surface area contributed by atoms with Gasteiger partial charge >= 0.3 is 0 Å². The zero-order valence-electron chi connectivity index (χ0n) is 18.9. The largest absolute Gasteiger partial charge is 0.455 e. The number of ether oxygens (including phenoxy) is 1. The number of hydrogen-bond donors (Lipinski definition) is 2. The quantitative estimate of drug-likeness (QED) is 0.290. The summed E-state index contributed by atoms with van der Waals surface area (Å²) in [6.07, 6.45) is 0.0720. The molecule has 4 aromatic carbocycles. The molecule has 6 nitrogen and oxygen atoms in total. The van der Waals surface area contributed by atoms with E-state index in [1.54, 1.807) is 48.5 Å². The summed E-state index contributed by atoms with van der Waals surface area (Å²) in [7, 11) is -4.14. The monoisotopic (exact) mass is 524 g/mol. The number of carbonyl (C=O) groups is 1. The summed E-state index contributed by atoms with van der Waals surface area (Å²) in [4.78, 5) is 13.2. The maximum atomic E-state index is 13.4. The predicted molar refractivity (Wildman–Crippen MR) is 137 cm³/mol. The first-order chi connectivity index (χ1) is 17.3. The fraction of sp³-hybridized carbons (Fsp3) is 0.0741. The van der Waals surface area contributed by atoms with Crippen molar-refractivity contribution >= 4 is 33.2 Å². The van der Waals surface area contributed by atoms with Gasteiger partial charge in [-0.25, -0.2) is 12.8 Å². The van der Waals surface area contributed by atoms with Gasteiger partial charge in [0, 0.05) is 5.02 Å². The van der Waals surface area contributed by atoms with E-state index in [9.17, 15) is 17.6 Å². The molecule has 1 atom stereocenters. The summed E-state index contributed by atoms with van der Waals surface area (Å²) < 4.78 is 47.7. The number of para-hydroxylation sites is 1. The van der Waals surface area contributed by atoms with Crippen LogP contribution in [-0.4, -0.2) is 20.4 Å². The van der Waals surface area contributed by atoms with E-state index in [4.69, 9.17) is 16.3 Å². The molecule has 0 saturated heterocycles. The molecule has 0 aliphatic rings. The summed E-state index contributed by atoms with van der Waals surface area (Å²) in [5, 5.41) is 3.10. The van der Waals surface area contributed by atoms with Crippen LogP contribution < -0.4 is 14.8 Å². The Bertz CT molecular complexity index is 1430. The van der Waals surface area contributed by atoms with E-state index in [1.165, 1.54) is 6.07 Å². The fourth-order valence-electron chi connectivity index (χ4n) is 3.43. The summed E-state index contributed by atoms with van der Waals surface area (Å²) in [6, 6.07) is 25.9. The first-order valence-corrected chi connectivity index (χ1v) is 12.8. The Labute approximate surface area is 213 Å². The van der Waals surface area contributed by atoms with Crippen LogP contribution in [0.1, 0.15) is 5.56 Å². The molecular formula is C27H22ClFN2O4S. The number of hydrogen-bond acceptors (Lipinski definition) is 4. The lowest BCUT2D eigenvalue weighted by molar-refractivity contribution is -0.117. The topological polar surface area (TPSA) is 84.5 Å². The van der Waals surface area contributed by atoms with Crippen LogP contribution in [0.25, 0.3) is 0 Å². The molecule has 0 fully saturated rings. The molecule has 0 heterocycles. The number of nitrogens with one attached hydrogen (secondary N) is 2. The SMILES string of the molecule is O=C(Nc1cc(Cl)ccc1Oc1ccccc1)[C@@H](Cc1ccccc1)NS(=O)(=O)c1ccc(F)cc1. The molecular weight excluding hydrogens is 503 g/mol. The van der Waals surface area contributed by atoms with Gasteiger partial charge in [-0.15, -0.1) is 0 Å². The van der Waals surface area contributed by atoms with Crippen LogP contribution >= 0.6 is 11.6 Å². The minimum atomic E-state index is -4.14. The Morgan fingerprint density at radius 2 is 1.53 bits per heavy atom. The number of rotatable bonds is 9. The third-order valence-corrected chi connectivity index (χ3v) is 6.91. The average molecular weight is 525 g/mol. The smallest absolute Gasteiger partial charge is 0.243 e. The Balaban J connectivity index is 1.62. The van der Waals surface area contributed by atoms with Gasteiger partial charge in [-0.1, -0.05) is 60.1 Å². The van der Waals surface area contributed by atoms with Gasteiger partial charge in [-0.3, -0.25) is 4.79 Å². The van der Waals surface area contributed by atoms with E-state index in [0.29, 0.717) is 16.5 Å². The Morgan fingerprint density at radius 3 is 2.19 bits per heavy atom. The maximum Gasteiger partial charge on any atom is 0.243 e. The Hall–Kier alpha value is -3.72. The van der Waals surface area contributed by atoms with Crippen molar-refractivity contribution in [1.82, 2.24) is 4.72 Å². The molecule has 36 heavy (non-hydrogen) atoms. The van der Waals surface area contributed by atoms with E-state index in [-0.39, 0.29) is 17.0 Å². The van der Waals surface area contributed by atoms with Gasteiger partial charge in [-0.05, 0) is 66.6 Å². The molecule has 0 spiro atoms. The van der Waals surface area contributed by atoms with Crippen molar-refractivity contribution in [3.05, 3.63) is 120 Å². The molecule has 0 aliphatic heterocycles. The van der Waals surface area contributed by atoms with Crippen molar-refractivity contribution in [2.24, 2.45) is 0 Å². The van der Waals surface area contributed by atoms with E-state index in [1.807, 2.05) is 24.3 Å². The lowest BCUT2D eigenvalue weighted by Crippen LogP contribution is -2.45. The normalized spacial score (nSPS) is 12.1. The summed E-state index contributed by atoms with van der Waals surface area (Å²) >= 11 is 6.16. The van der Waals surface area contributed by atoms with Crippen molar-refractivity contribution in [2.45, 2.75) is 17.4 Å². The number of sulfonamides is 1. The number of benzene rings is 4. The Morgan fingerprint density at radius 1 is 0.889 bits per heavy atom. The van der Waals surface area contributed by atoms with Gasteiger partial charge in [0.2, 0.25) is 15.9 Å². The molecule has 4 aromatic rings. The summed E-state index contributed by atoms with van der Waals surface area (Å²) in [6.45, 7) is 0. The second-order valence-electron chi connectivity index (χ2n) is 7.86. The van der Waals surface area contributed by atoms with Crippen molar-refractivity contribution in [3.63, 3.8) is 0 Å². The average Bonchev–Trinajstić information content (AvgIpc) is 2.87. The van der Waals surface area contributed by atoms with Gasteiger partial charge in [-0.2, -0.15) is 4.72 Å². The molecule has 4 rings (SSSR count). The van der Waals surface area contributed by atoms with E-state index < -0.39 is 27.8 Å². The molecule has 0 aromatic heterocycles. The fourth-order valence-corrected chi connectivity index (χ4v) is 4.80. The number of anilines is 1.